The lowest BCUT2D eigenvalue weighted by Crippen LogP contribution is -2.25. The van der Waals surface area contributed by atoms with Crippen LogP contribution in [0.4, 0.5) is 30.2 Å². The van der Waals surface area contributed by atoms with E-state index >= 15 is 0 Å². The van der Waals surface area contributed by atoms with Gasteiger partial charge in [-0.25, -0.2) is 4.99 Å². The van der Waals surface area contributed by atoms with Crippen molar-refractivity contribution < 1.29 is 22.7 Å². The molecule has 4 rings (SSSR count). The third-order valence-corrected chi connectivity index (χ3v) is 5.56. The Kier molecular flexibility index (Phi) is 9.89. The van der Waals surface area contributed by atoms with Gasteiger partial charge in [-0.3, -0.25) is 9.69 Å². The summed E-state index contributed by atoms with van der Waals surface area (Å²) >= 11 is 0. The normalized spacial score (nSPS) is 13.8. The van der Waals surface area contributed by atoms with Crippen LogP contribution >= 0.6 is 0 Å². The fourth-order valence-electron chi connectivity index (χ4n) is 3.88. The van der Waals surface area contributed by atoms with E-state index in [1.807, 2.05) is 12.1 Å². The van der Waals surface area contributed by atoms with Gasteiger partial charge in [-0.2, -0.15) is 13.2 Å². The van der Waals surface area contributed by atoms with Gasteiger partial charge in [0.15, 0.2) is 0 Å². The molecule has 0 unspecified atom stereocenters. The Balaban J connectivity index is 0.00000121. The maximum absolute atomic E-state index is 13.4. The summed E-state index contributed by atoms with van der Waals surface area (Å²) in [5.74, 6) is 0.251. The summed E-state index contributed by atoms with van der Waals surface area (Å²) < 4.78 is 45.3. The number of para-hydroxylation sites is 1. The van der Waals surface area contributed by atoms with E-state index < -0.39 is 17.6 Å². The second-order valence-corrected chi connectivity index (χ2v) is 8.78. The molecule has 3 aromatic rings. The van der Waals surface area contributed by atoms with Gasteiger partial charge >= 0.3 is 6.18 Å². The number of carbonyl (C=O) groups excluding carboxylic acids is 1. The van der Waals surface area contributed by atoms with Gasteiger partial charge in [0, 0.05) is 11.6 Å². The topological polar surface area (TPSA) is 41.9 Å². The minimum atomic E-state index is -4.49. The van der Waals surface area contributed by atoms with Gasteiger partial charge in [-0.15, -0.1) is 0 Å². The van der Waals surface area contributed by atoms with E-state index in [1.54, 1.807) is 36.4 Å². The molecule has 37 heavy (non-hydrogen) atoms. The molecule has 0 N–H and O–H groups in total. The third kappa shape index (κ3) is 7.21. The third-order valence-electron chi connectivity index (χ3n) is 5.56. The minimum absolute atomic E-state index is 0.0685. The Hall–Kier alpha value is -3.61. The van der Waals surface area contributed by atoms with Crippen LogP contribution in [0.25, 0.3) is 0 Å². The number of hydrogen-bond donors (Lipinski definition) is 0. The Morgan fingerprint density at radius 2 is 1.59 bits per heavy atom. The van der Waals surface area contributed by atoms with Crippen molar-refractivity contribution in [2.75, 3.05) is 11.5 Å². The fraction of sp³-hybridized carbons (Fsp3) is 0.333. The van der Waals surface area contributed by atoms with Crippen LogP contribution in [0.1, 0.15) is 64.0 Å². The molecule has 0 atom stereocenters. The van der Waals surface area contributed by atoms with Gasteiger partial charge in [0.1, 0.15) is 11.5 Å². The molecule has 7 heteroatoms. The number of alkyl halides is 3. The van der Waals surface area contributed by atoms with Crippen molar-refractivity contribution >= 4 is 28.7 Å². The average Bonchev–Trinajstić information content (AvgIpc) is 3.15. The molecule has 0 bridgehead atoms. The summed E-state index contributed by atoms with van der Waals surface area (Å²) in [6.07, 6.45) is 1.13. The van der Waals surface area contributed by atoms with E-state index in [4.69, 9.17) is 4.74 Å². The Morgan fingerprint density at radius 3 is 2.32 bits per heavy atom. The molecule has 0 saturated carbocycles. The first-order chi connectivity index (χ1) is 17.8. The van der Waals surface area contributed by atoms with Crippen LogP contribution in [0.15, 0.2) is 77.8 Å². The summed E-state index contributed by atoms with van der Waals surface area (Å²) in [5.41, 5.74) is 1.15. The highest BCUT2D eigenvalue weighted by Gasteiger charge is 2.35. The van der Waals surface area contributed by atoms with E-state index in [-0.39, 0.29) is 11.4 Å². The van der Waals surface area contributed by atoms with E-state index in [1.165, 1.54) is 23.5 Å². The molecule has 0 spiro atoms. The number of aliphatic imine (C=N–C) groups is 1. The maximum atomic E-state index is 13.4. The van der Waals surface area contributed by atoms with Crippen molar-refractivity contribution in [1.82, 2.24) is 0 Å². The molecule has 1 amide bonds. The zero-order valence-electron chi connectivity index (χ0n) is 21.5. The molecule has 4 nitrogen and oxygen atoms in total. The van der Waals surface area contributed by atoms with E-state index in [0.717, 1.165) is 37.8 Å². The molecule has 0 radical (unpaired) electrons. The van der Waals surface area contributed by atoms with Crippen molar-refractivity contribution in [3.8, 4) is 5.75 Å². The number of carbonyl (C=O) groups is 1. The SMILES string of the molecule is CCC.CCCCCCOc1cccc(N2C(=O)C(=Nc3cccc(C(F)(F)F)c3)c3ccccc32)c1. The summed E-state index contributed by atoms with van der Waals surface area (Å²) in [6, 6.07) is 19.0. The van der Waals surface area contributed by atoms with E-state index in [9.17, 15) is 18.0 Å². The molecule has 196 valence electrons. The van der Waals surface area contributed by atoms with Crippen molar-refractivity contribution in [2.45, 2.75) is 59.1 Å². The molecular weight excluding hydrogens is 477 g/mol. The first-order valence-electron chi connectivity index (χ1n) is 12.7. The molecule has 1 heterocycles. The van der Waals surface area contributed by atoms with Gasteiger partial charge in [0.25, 0.3) is 5.91 Å². The molecule has 0 saturated heterocycles. The van der Waals surface area contributed by atoms with Crippen LogP contribution < -0.4 is 9.64 Å². The maximum Gasteiger partial charge on any atom is 0.416 e. The van der Waals surface area contributed by atoms with Gasteiger partial charge in [0.05, 0.1) is 29.2 Å². The monoisotopic (exact) mass is 510 g/mol. The quantitative estimate of drug-likeness (QED) is 0.284. The molecular formula is C30H33F3N2O2. The second-order valence-electron chi connectivity index (χ2n) is 8.78. The van der Waals surface area contributed by atoms with E-state index in [2.05, 4.69) is 25.8 Å². The predicted octanol–water partition coefficient (Wildman–Crippen LogP) is 8.88. The van der Waals surface area contributed by atoms with Gasteiger partial charge in [-0.05, 0) is 42.8 Å². The second kappa shape index (κ2) is 13.1. The van der Waals surface area contributed by atoms with Crippen molar-refractivity contribution in [3.63, 3.8) is 0 Å². The van der Waals surface area contributed by atoms with Gasteiger partial charge in [0.2, 0.25) is 0 Å². The lowest BCUT2D eigenvalue weighted by Gasteiger charge is -2.18. The number of ether oxygens (including phenoxy) is 1. The summed E-state index contributed by atoms with van der Waals surface area (Å²) in [4.78, 5) is 19.3. The number of amides is 1. The van der Waals surface area contributed by atoms with E-state index in [0.29, 0.717) is 29.3 Å². The van der Waals surface area contributed by atoms with Crippen LogP contribution in [-0.4, -0.2) is 18.2 Å². The zero-order chi connectivity index (χ0) is 26.8. The largest absolute Gasteiger partial charge is 0.494 e. The van der Waals surface area contributed by atoms with Crippen LogP contribution in [0.3, 0.4) is 0 Å². The molecule has 3 aromatic carbocycles. The number of rotatable bonds is 8. The lowest BCUT2D eigenvalue weighted by atomic mass is 10.1. The average molecular weight is 511 g/mol. The zero-order valence-corrected chi connectivity index (χ0v) is 21.5. The molecule has 0 fully saturated rings. The molecule has 1 aliphatic heterocycles. The number of anilines is 2. The van der Waals surface area contributed by atoms with Gasteiger partial charge in [-0.1, -0.05) is 76.8 Å². The lowest BCUT2D eigenvalue weighted by molar-refractivity contribution is -0.137. The minimum Gasteiger partial charge on any atom is -0.494 e. The Morgan fingerprint density at radius 1 is 0.865 bits per heavy atom. The number of fused-ring (bicyclic) bond motifs is 1. The fourth-order valence-corrected chi connectivity index (χ4v) is 3.88. The summed E-state index contributed by atoms with van der Waals surface area (Å²) in [6.45, 7) is 7.00. The highest BCUT2D eigenvalue weighted by atomic mass is 19.4. The van der Waals surface area contributed by atoms with Crippen molar-refractivity contribution in [2.24, 2.45) is 4.99 Å². The number of halogens is 3. The highest BCUT2D eigenvalue weighted by molar-refractivity contribution is 6.56. The van der Waals surface area contributed by atoms with Crippen LogP contribution in [-0.2, 0) is 11.0 Å². The Bertz CT molecular complexity index is 1220. The molecule has 1 aliphatic rings. The number of benzene rings is 3. The molecule has 0 aliphatic carbocycles. The summed E-state index contributed by atoms with van der Waals surface area (Å²) in [5, 5.41) is 0. The first kappa shape index (κ1) is 28.0. The predicted molar refractivity (Wildman–Crippen MR) is 143 cm³/mol. The van der Waals surface area contributed by atoms with Crippen molar-refractivity contribution in [1.29, 1.82) is 0 Å². The molecule has 0 aromatic heterocycles. The first-order valence-corrected chi connectivity index (χ1v) is 12.7. The smallest absolute Gasteiger partial charge is 0.416 e. The Labute approximate surface area is 216 Å². The number of hydrogen-bond acceptors (Lipinski definition) is 3. The van der Waals surface area contributed by atoms with Gasteiger partial charge < -0.3 is 4.74 Å². The van der Waals surface area contributed by atoms with Crippen LogP contribution in [0.5, 0.6) is 5.75 Å². The highest BCUT2D eigenvalue weighted by Crippen LogP contribution is 2.38. The summed E-state index contributed by atoms with van der Waals surface area (Å²) in [7, 11) is 0. The van der Waals surface area contributed by atoms with Crippen LogP contribution in [0, 0.1) is 0 Å². The number of nitrogens with zero attached hydrogens (tertiary/aromatic N) is 2. The van der Waals surface area contributed by atoms with Crippen LogP contribution in [0.2, 0.25) is 0 Å². The standard InChI is InChI=1S/C27H25F3N2O2.C3H8/c1-2-3-4-7-16-34-22-13-9-12-21(18-22)32-24-15-6-5-14-23(24)25(26(32)33)31-20-11-8-10-19(17-20)27(28,29)30;1-3-2/h5-6,8-15,17-18H,2-4,7,16H2,1H3;3H2,1-2H3. The number of unbranched alkanes of at least 4 members (excludes halogenated alkanes) is 3. The van der Waals surface area contributed by atoms with Crippen molar-refractivity contribution in [3.05, 3.63) is 83.9 Å².